The fourth-order valence-electron chi connectivity index (χ4n) is 4.01. The lowest BCUT2D eigenvalue weighted by molar-refractivity contribution is -0.129. The van der Waals surface area contributed by atoms with E-state index in [-0.39, 0.29) is 11.5 Å². The first-order valence-corrected chi connectivity index (χ1v) is 12.1. The molecule has 0 unspecified atom stereocenters. The third-order valence-corrected chi connectivity index (χ3v) is 7.91. The molecule has 0 atom stereocenters. The summed E-state index contributed by atoms with van der Waals surface area (Å²) in [6.07, 6.45) is 9.33. The lowest BCUT2D eigenvalue weighted by Gasteiger charge is -2.22. The van der Waals surface area contributed by atoms with E-state index in [9.17, 15) is 9.59 Å². The summed E-state index contributed by atoms with van der Waals surface area (Å²) >= 11 is 3.25. The second kappa shape index (κ2) is 7.24. The van der Waals surface area contributed by atoms with Crippen molar-refractivity contribution in [1.82, 2.24) is 14.9 Å². The predicted octanol–water partition coefficient (Wildman–Crippen LogP) is 3.50. The molecule has 3 aliphatic carbocycles. The zero-order valence-corrected chi connectivity index (χ0v) is 17.1. The highest BCUT2D eigenvalue weighted by Crippen LogP contribution is 2.36. The second-order valence-electron chi connectivity index (χ2n) is 8.12. The molecule has 2 aromatic heterocycles. The summed E-state index contributed by atoms with van der Waals surface area (Å²) in [4.78, 5) is 37.2. The number of carbonyl (C=O) groups is 1. The van der Waals surface area contributed by atoms with E-state index in [1.54, 1.807) is 23.1 Å². The minimum Gasteiger partial charge on any atom is -0.339 e. The number of nitrogens with one attached hydrogen (secondary N) is 1. The number of rotatable bonds is 7. The number of aromatic amines is 1. The normalized spacial score (nSPS) is 19.3. The SMILES string of the molecule is O=C(CSCc1nc2sc3c(c2c(=O)[nH]1)CCCC3)N(CC1CC1)C1CC1. The summed E-state index contributed by atoms with van der Waals surface area (Å²) in [6.45, 7) is 0.950. The minimum atomic E-state index is -0.00494. The fourth-order valence-corrected chi connectivity index (χ4v) is 6.07. The molecule has 7 heteroatoms. The van der Waals surface area contributed by atoms with Crippen LogP contribution in [0.2, 0.25) is 0 Å². The van der Waals surface area contributed by atoms with Crippen molar-refractivity contribution in [3.8, 4) is 0 Å². The smallest absolute Gasteiger partial charge is 0.259 e. The quantitative estimate of drug-likeness (QED) is 0.768. The van der Waals surface area contributed by atoms with E-state index in [2.05, 4.69) is 9.88 Å². The first-order chi connectivity index (χ1) is 13.2. The molecule has 3 aliphatic rings. The maximum Gasteiger partial charge on any atom is 0.259 e. The molecule has 0 saturated heterocycles. The third kappa shape index (κ3) is 3.81. The van der Waals surface area contributed by atoms with Crippen LogP contribution in [0.4, 0.5) is 0 Å². The Bertz CT molecular complexity index is 927. The third-order valence-electron chi connectivity index (χ3n) is 5.80. The van der Waals surface area contributed by atoms with Gasteiger partial charge in [-0.2, -0.15) is 0 Å². The van der Waals surface area contributed by atoms with E-state index in [1.165, 1.54) is 29.7 Å². The van der Waals surface area contributed by atoms with Crippen molar-refractivity contribution in [2.24, 2.45) is 5.92 Å². The van der Waals surface area contributed by atoms with Gasteiger partial charge in [0, 0.05) is 17.5 Å². The average molecular weight is 404 g/mol. The summed E-state index contributed by atoms with van der Waals surface area (Å²) in [5.74, 6) is 2.76. The van der Waals surface area contributed by atoms with E-state index in [0.717, 1.165) is 54.8 Å². The van der Waals surface area contributed by atoms with Crippen LogP contribution in [0.25, 0.3) is 10.2 Å². The van der Waals surface area contributed by atoms with Gasteiger partial charge in [-0.05, 0) is 62.8 Å². The number of carbonyl (C=O) groups excluding carboxylic acids is 1. The van der Waals surface area contributed by atoms with Gasteiger partial charge in [0.2, 0.25) is 5.91 Å². The predicted molar refractivity (Wildman–Crippen MR) is 111 cm³/mol. The van der Waals surface area contributed by atoms with Crippen LogP contribution in [0.15, 0.2) is 4.79 Å². The summed E-state index contributed by atoms with van der Waals surface area (Å²) in [7, 11) is 0. The van der Waals surface area contributed by atoms with Crippen molar-refractivity contribution in [1.29, 1.82) is 0 Å². The lowest BCUT2D eigenvalue weighted by Crippen LogP contribution is -2.36. The van der Waals surface area contributed by atoms with E-state index < -0.39 is 0 Å². The Morgan fingerprint density at radius 3 is 2.81 bits per heavy atom. The molecule has 2 heterocycles. The number of aromatic nitrogens is 2. The van der Waals surface area contributed by atoms with Gasteiger partial charge in [0.05, 0.1) is 16.9 Å². The van der Waals surface area contributed by atoms with Crippen molar-refractivity contribution >= 4 is 39.2 Å². The number of thioether (sulfide) groups is 1. The highest BCUT2D eigenvalue weighted by atomic mass is 32.2. The van der Waals surface area contributed by atoms with Gasteiger partial charge in [0.1, 0.15) is 10.7 Å². The molecule has 1 amide bonds. The van der Waals surface area contributed by atoms with Gasteiger partial charge < -0.3 is 9.88 Å². The molecular formula is C20H25N3O2S2. The zero-order valence-electron chi connectivity index (χ0n) is 15.5. The Balaban J connectivity index is 1.25. The van der Waals surface area contributed by atoms with Crippen LogP contribution in [0.3, 0.4) is 0 Å². The van der Waals surface area contributed by atoms with Crippen LogP contribution < -0.4 is 5.56 Å². The van der Waals surface area contributed by atoms with Crippen LogP contribution in [0.1, 0.15) is 54.8 Å². The Kier molecular flexibility index (Phi) is 4.76. The van der Waals surface area contributed by atoms with Crippen LogP contribution >= 0.6 is 23.1 Å². The Morgan fingerprint density at radius 2 is 2.04 bits per heavy atom. The van der Waals surface area contributed by atoms with Crippen LogP contribution in [0.5, 0.6) is 0 Å². The van der Waals surface area contributed by atoms with Crippen molar-refractivity contribution in [3.63, 3.8) is 0 Å². The molecule has 144 valence electrons. The number of aryl methyl sites for hydroxylation is 2. The molecule has 2 fully saturated rings. The molecule has 27 heavy (non-hydrogen) atoms. The Labute approximate surface area is 166 Å². The van der Waals surface area contributed by atoms with Crippen LogP contribution in [-0.4, -0.2) is 39.1 Å². The maximum absolute atomic E-state index is 12.6. The van der Waals surface area contributed by atoms with Crippen LogP contribution in [-0.2, 0) is 23.4 Å². The van der Waals surface area contributed by atoms with E-state index >= 15 is 0 Å². The van der Waals surface area contributed by atoms with E-state index in [4.69, 9.17) is 4.98 Å². The number of fused-ring (bicyclic) bond motifs is 3. The highest BCUT2D eigenvalue weighted by Gasteiger charge is 2.36. The highest BCUT2D eigenvalue weighted by molar-refractivity contribution is 7.99. The molecule has 1 N–H and O–H groups in total. The molecular weight excluding hydrogens is 378 g/mol. The maximum atomic E-state index is 12.6. The van der Waals surface area contributed by atoms with Crippen molar-refractivity contribution < 1.29 is 4.79 Å². The molecule has 5 rings (SSSR count). The number of thiophene rings is 1. The first kappa shape index (κ1) is 17.7. The van der Waals surface area contributed by atoms with Gasteiger partial charge in [-0.15, -0.1) is 23.1 Å². The van der Waals surface area contributed by atoms with Gasteiger partial charge in [-0.3, -0.25) is 9.59 Å². The van der Waals surface area contributed by atoms with E-state index in [0.29, 0.717) is 23.4 Å². The number of nitrogens with zero attached hydrogens (tertiary/aromatic N) is 2. The molecule has 0 spiro atoms. The number of amides is 1. The van der Waals surface area contributed by atoms with Gasteiger partial charge in [0.25, 0.3) is 5.56 Å². The number of hydrogen-bond acceptors (Lipinski definition) is 5. The monoisotopic (exact) mass is 403 g/mol. The average Bonchev–Trinajstić information content (AvgIpc) is 3.56. The summed E-state index contributed by atoms with van der Waals surface area (Å²) in [5.41, 5.74) is 1.22. The molecule has 0 radical (unpaired) electrons. The first-order valence-electron chi connectivity index (χ1n) is 10.1. The van der Waals surface area contributed by atoms with Gasteiger partial charge in [0.15, 0.2) is 0 Å². The van der Waals surface area contributed by atoms with Crippen molar-refractivity contribution in [2.75, 3.05) is 12.3 Å². The topological polar surface area (TPSA) is 66.1 Å². The van der Waals surface area contributed by atoms with Crippen LogP contribution in [0, 0.1) is 5.92 Å². The van der Waals surface area contributed by atoms with Crippen molar-refractivity contribution in [3.05, 3.63) is 26.6 Å². The largest absolute Gasteiger partial charge is 0.339 e. The molecule has 0 aromatic carbocycles. The standard InChI is InChI=1S/C20H25N3O2S2/c24-17(23(13-7-8-13)9-12-5-6-12)11-26-10-16-21-19(25)18-14-3-1-2-4-15(14)27-20(18)22-16/h12-13H,1-11H2,(H,21,22,25). The molecule has 2 saturated carbocycles. The van der Waals surface area contributed by atoms with Gasteiger partial charge >= 0.3 is 0 Å². The summed E-state index contributed by atoms with van der Waals surface area (Å²) < 4.78 is 0. The van der Waals surface area contributed by atoms with E-state index in [1.807, 2.05) is 0 Å². The summed E-state index contributed by atoms with van der Waals surface area (Å²) in [6, 6.07) is 0.491. The number of hydrogen-bond donors (Lipinski definition) is 1. The summed E-state index contributed by atoms with van der Waals surface area (Å²) in [5, 5.41) is 0.809. The second-order valence-corrected chi connectivity index (χ2v) is 10.2. The fraction of sp³-hybridized carbons (Fsp3) is 0.650. The Hall–Kier alpha value is -1.34. The minimum absolute atomic E-state index is 0.00494. The van der Waals surface area contributed by atoms with Crippen molar-refractivity contribution in [2.45, 2.75) is 63.2 Å². The number of H-pyrrole nitrogens is 1. The lowest BCUT2D eigenvalue weighted by atomic mass is 9.97. The molecule has 0 bridgehead atoms. The molecule has 0 aliphatic heterocycles. The molecule has 5 nitrogen and oxygen atoms in total. The molecule has 2 aromatic rings. The van der Waals surface area contributed by atoms with Gasteiger partial charge in [-0.1, -0.05) is 0 Å². The van der Waals surface area contributed by atoms with Gasteiger partial charge in [-0.25, -0.2) is 4.98 Å². The zero-order chi connectivity index (χ0) is 18.4. The Morgan fingerprint density at radius 1 is 1.22 bits per heavy atom.